The minimum Gasteiger partial charge on any atom is -0.356 e. The average Bonchev–Trinajstić information content (AvgIpc) is 1.53. The van der Waals surface area contributed by atoms with Gasteiger partial charge in [-0.25, -0.2) is 0 Å². The van der Waals surface area contributed by atoms with Gasteiger partial charge in [-0.05, 0) is 251 Å². The molecule has 131 heavy (non-hydrogen) atoms. The summed E-state index contributed by atoms with van der Waals surface area (Å²) in [5, 5.41) is 18.7. The van der Waals surface area contributed by atoms with Crippen LogP contribution in [0.3, 0.4) is 0 Å². The summed E-state index contributed by atoms with van der Waals surface area (Å²) in [4.78, 5) is 4.90. The number of benzene rings is 23. The van der Waals surface area contributed by atoms with Crippen molar-refractivity contribution in [2.24, 2.45) is 0 Å². The summed E-state index contributed by atoms with van der Waals surface area (Å²) >= 11 is 7.30. The first-order valence-electron chi connectivity index (χ1n) is 44.6. The van der Waals surface area contributed by atoms with Crippen molar-refractivity contribution < 1.29 is 0 Å². The number of anilines is 8. The van der Waals surface area contributed by atoms with Crippen LogP contribution in [0.2, 0.25) is 0 Å². The lowest BCUT2D eigenvalue weighted by Gasteiger charge is -2.34. The second kappa shape index (κ2) is 33.0. The molecule has 0 radical (unpaired) electrons. The van der Waals surface area contributed by atoms with Crippen molar-refractivity contribution in [1.29, 1.82) is 0 Å². The third-order valence-electron chi connectivity index (χ3n) is 27.7. The summed E-state index contributed by atoms with van der Waals surface area (Å²) in [5.41, 5.74) is 30.8. The van der Waals surface area contributed by atoms with Crippen molar-refractivity contribution in [2.75, 3.05) is 15.1 Å². The van der Waals surface area contributed by atoms with E-state index in [-0.39, 0.29) is 12.8 Å². The topological polar surface area (TPSA) is 18.5 Å². The van der Waals surface area contributed by atoms with Gasteiger partial charge in [0.25, 0.3) is 0 Å². The van der Waals surface area contributed by atoms with Crippen LogP contribution < -0.4 is 15.1 Å². The smallest absolute Gasteiger partial charge is 0.0713 e. The van der Waals surface area contributed by atoms with Gasteiger partial charge in [-0.1, -0.05) is 440 Å². The van der Waals surface area contributed by atoms with Gasteiger partial charge in [0.2, 0.25) is 0 Å². The molecule has 0 saturated carbocycles. The van der Waals surface area contributed by atoms with Crippen LogP contribution in [0.5, 0.6) is 0 Å². The average molecular weight is 1800 g/mol. The van der Waals surface area contributed by atoms with Crippen LogP contribution in [-0.2, 0) is 16.2 Å². The number of halogens is 2. The van der Waals surface area contributed by atoms with E-state index in [0.29, 0.717) is 0 Å². The molecule has 0 aromatic heterocycles. The van der Waals surface area contributed by atoms with Crippen molar-refractivity contribution in [2.45, 2.75) is 23.7 Å². The highest BCUT2D eigenvalue weighted by atomic mass is 79.9. The first kappa shape index (κ1) is 80.1. The molecule has 26 rings (SSSR count). The Hall–Kier alpha value is -15.5. The number of fused-ring (bicyclic) bond motifs is 9. The van der Waals surface area contributed by atoms with E-state index in [1.54, 1.807) is 0 Å². The third-order valence-corrected chi connectivity index (χ3v) is 29.0. The van der Waals surface area contributed by atoms with Crippen LogP contribution in [0.1, 0.15) is 74.2 Å². The fourth-order valence-electron chi connectivity index (χ4n) is 22.2. The van der Waals surface area contributed by atoms with Crippen molar-refractivity contribution in [1.82, 2.24) is 0 Å². The van der Waals surface area contributed by atoms with Gasteiger partial charge in [-0.3, -0.25) is 0 Å². The van der Waals surface area contributed by atoms with Crippen molar-refractivity contribution >= 4 is 142 Å². The van der Waals surface area contributed by atoms with Crippen LogP contribution >= 0.6 is 31.9 Å². The summed E-state index contributed by atoms with van der Waals surface area (Å²) in [6.45, 7) is 0. The maximum absolute atomic E-state index is 3.65. The molecule has 0 amide bonds. The van der Waals surface area contributed by atoms with Gasteiger partial charge in [0.15, 0.2) is 0 Å². The van der Waals surface area contributed by atoms with Gasteiger partial charge in [-0.2, -0.15) is 0 Å². The van der Waals surface area contributed by atoms with E-state index >= 15 is 0 Å². The van der Waals surface area contributed by atoms with E-state index in [1.807, 2.05) is 18.2 Å². The summed E-state index contributed by atoms with van der Waals surface area (Å²) < 4.78 is 2.31. The maximum Gasteiger partial charge on any atom is 0.0713 e. The fraction of sp³-hybridized carbons (Fsp3) is 0.0317. The predicted molar refractivity (Wildman–Crippen MR) is 560 cm³/mol. The summed E-state index contributed by atoms with van der Waals surface area (Å²) in [7, 11) is 0. The molecule has 3 aliphatic rings. The lowest BCUT2D eigenvalue weighted by Crippen LogP contribution is -2.28. The highest BCUT2D eigenvalue weighted by Crippen LogP contribution is 2.61. The SMILES string of the molecule is Brc1ccc2ccc3c(Br)ccc4ccc1c2c43.C.c1ccc(N(c2ccc(C3(c4ccccc4)c4ccccc4-c4ccccc43)cc2)c2ccc3ccc4c(N(c5ccccc5)c5ccc(C6(c7ccccc7)c7ccccc7-c7ccccc76)cc5)ccc5ccc2c3c54)cc1.c1ccc(Nc2ccc(C3(c4ccccc4)c4ccccc4-c4ccccc43)cc2)cc1. The first-order chi connectivity index (χ1) is 64.3. The Morgan fingerprint density at radius 2 is 0.389 bits per heavy atom. The Morgan fingerprint density at radius 1 is 0.176 bits per heavy atom. The Bertz CT molecular complexity index is 7680. The number of nitrogens with one attached hydrogen (secondary N) is 1. The highest BCUT2D eigenvalue weighted by molar-refractivity contribution is 9.11. The third kappa shape index (κ3) is 12.8. The van der Waals surface area contributed by atoms with Crippen molar-refractivity contribution in [3.63, 3.8) is 0 Å². The zero-order chi connectivity index (χ0) is 86.4. The van der Waals surface area contributed by atoms with Crippen LogP contribution in [-0.4, -0.2) is 0 Å². The lowest BCUT2D eigenvalue weighted by atomic mass is 9.68. The minimum absolute atomic E-state index is 0. The Labute approximate surface area is 781 Å². The van der Waals surface area contributed by atoms with Gasteiger partial charge < -0.3 is 15.1 Å². The van der Waals surface area contributed by atoms with Crippen LogP contribution in [0.25, 0.3) is 98.0 Å². The van der Waals surface area contributed by atoms with E-state index in [2.05, 4.69) is 526 Å². The summed E-state index contributed by atoms with van der Waals surface area (Å²) in [5.74, 6) is 0. The maximum atomic E-state index is 3.65. The molecule has 0 aliphatic heterocycles. The molecule has 23 aromatic rings. The van der Waals surface area contributed by atoms with Gasteiger partial charge in [0, 0.05) is 53.8 Å². The minimum atomic E-state index is -0.482. The molecule has 3 nitrogen and oxygen atoms in total. The summed E-state index contributed by atoms with van der Waals surface area (Å²) in [6.07, 6.45) is 0. The molecular weight excluding hydrogens is 1720 g/mol. The first-order valence-corrected chi connectivity index (χ1v) is 46.2. The van der Waals surface area contributed by atoms with Crippen molar-refractivity contribution in [3.05, 3.63) is 573 Å². The molecule has 0 atom stereocenters. The number of para-hydroxylation sites is 3. The molecule has 0 heterocycles. The highest BCUT2D eigenvalue weighted by Gasteiger charge is 2.49. The molecule has 0 bridgehead atoms. The van der Waals surface area contributed by atoms with E-state index in [9.17, 15) is 0 Å². The standard InChI is InChI=1S/C78H52N2.C31H23N.C16H8Br2.CH4/c1-5-21-55(22-6-1)77(69-33-17-13-29-63(69)64-30-14-18-34-70(64)77)57-41-45-61(46-42-57)79(59-25-9-3-10-26-59)73-51-39-53-38-50-68-74(52-40-54-37-49-67(73)75(53)76(54)68)80(60-27-11-4-12-28-60)62-47-43-58(44-48-62)78(56-23-7-2-8-24-56)71-35-19-15-31-65(71)66-32-16-20-36-72(66)78;1-3-11-23(12-4-1)31(24-19-21-26(22-20-24)32-25-13-5-2-6-14-25)29-17-9-7-15-27(29)28-16-8-10-18-30(28)31;17-13-8-4-10-2-6-12-14(18)7-3-9-1-5-11(13)16(10)15(9)12;/h1-52H;1-22,32H;1-8H;1H4. The molecule has 3 aliphatic carbocycles. The molecular formula is C126H87Br2N3. The second-order valence-electron chi connectivity index (χ2n) is 34.2. The van der Waals surface area contributed by atoms with Gasteiger partial charge >= 0.3 is 0 Å². The van der Waals surface area contributed by atoms with Gasteiger partial charge in [-0.15, -0.1) is 0 Å². The molecule has 620 valence electrons. The summed E-state index contributed by atoms with van der Waals surface area (Å²) in [6, 6.07) is 182. The zero-order valence-electron chi connectivity index (χ0n) is 71.0. The number of hydrogen-bond donors (Lipinski definition) is 1. The lowest BCUT2D eigenvalue weighted by molar-refractivity contribution is 0.768. The van der Waals surface area contributed by atoms with Crippen molar-refractivity contribution in [3.8, 4) is 33.4 Å². The molecule has 0 unspecified atom stereocenters. The molecule has 1 N–H and O–H groups in total. The Kier molecular flexibility index (Phi) is 20.2. The molecule has 0 saturated heterocycles. The van der Waals surface area contributed by atoms with Crippen LogP contribution in [0.15, 0.2) is 506 Å². The number of hydrogen-bond acceptors (Lipinski definition) is 3. The molecule has 0 fully saturated rings. The van der Waals surface area contributed by atoms with Crippen LogP contribution in [0.4, 0.5) is 45.5 Å². The normalized spacial score (nSPS) is 13.1. The predicted octanol–water partition coefficient (Wildman–Crippen LogP) is 34.8. The number of nitrogens with zero attached hydrogens (tertiary/aromatic N) is 2. The molecule has 23 aromatic carbocycles. The van der Waals surface area contributed by atoms with E-state index in [1.165, 1.54) is 165 Å². The molecule has 5 heteroatoms. The fourth-order valence-corrected chi connectivity index (χ4v) is 23.2. The van der Waals surface area contributed by atoms with E-state index < -0.39 is 10.8 Å². The zero-order valence-corrected chi connectivity index (χ0v) is 74.2. The van der Waals surface area contributed by atoms with Crippen LogP contribution in [0, 0.1) is 0 Å². The van der Waals surface area contributed by atoms with E-state index in [0.717, 1.165) is 54.4 Å². The largest absolute Gasteiger partial charge is 0.356 e. The van der Waals surface area contributed by atoms with Gasteiger partial charge in [0.1, 0.15) is 0 Å². The van der Waals surface area contributed by atoms with Gasteiger partial charge in [0.05, 0.1) is 27.6 Å². The Balaban J connectivity index is 0.000000154. The van der Waals surface area contributed by atoms with E-state index in [4.69, 9.17) is 0 Å². The number of rotatable bonds is 14. The molecule has 0 spiro atoms. The second-order valence-corrected chi connectivity index (χ2v) is 35.9. The monoisotopic (exact) mass is 1800 g/mol. The quantitative estimate of drug-likeness (QED) is 0.110. The Morgan fingerprint density at radius 3 is 0.695 bits per heavy atom.